The van der Waals surface area contributed by atoms with Gasteiger partial charge in [0.05, 0.1) is 25.2 Å². The number of nitrogens with one attached hydrogen (secondary N) is 1. The molecule has 2 rings (SSSR count). The first kappa shape index (κ1) is 17.9. The second kappa shape index (κ2) is 7.45. The van der Waals surface area contributed by atoms with Crippen molar-refractivity contribution in [3.8, 4) is 5.75 Å². The van der Waals surface area contributed by atoms with Gasteiger partial charge in [-0.05, 0) is 37.6 Å². The van der Waals surface area contributed by atoms with Crippen molar-refractivity contribution in [2.24, 2.45) is 0 Å². The fourth-order valence-electron chi connectivity index (χ4n) is 2.64. The number of benzene rings is 2. The number of aliphatic hydroxyl groups is 1. The van der Waals surface area contributed by atoms with E-state index in [2.05, 4.69) is 5.32 Å². The van der Waals surface area contributed by atoms with Crippen molar-refractivity contribution in [1.29, 1.82) is 0 Å². The smallest absolute Gasteiger partial charge is 0.223 e. The minimum atomic E-state index is -1.06. The van der Waals surface area contributed by atoms with Crippen molar-refractivity contribution in [3.63, 3.8) is 0 Å². The number of aliphatic hydroxyl groups excluding tert-OH is 1. The predicted molar refractivity (Wildman–Crippen MR) is 90.1 cm³/mol. The molecule has 1 amide bonds. The second-order valence-corrected chi connectivity index (χ2v) is 6.15. The summed E-state index contributed by atoms with van der Waals surface area (Å²) in [5.74, 6) is -0.0996. The van der Waals surface area contributed by atoms with Crippen LogP contribution in [-0.4, -0.2) is 18.1 Å². The molecule has 2 aromatic carbocycles. The Hall–Kier alpha value is -2.40. The summed E-state index contributed by atoms with van der Waals surface area (Å²) in [4.78, 5) is 12.3. The fourth-order valence-corrected chi connectivity index (χ4v) is 2.64. The SMILES string of the molecule is COc1ccccc1C(C)(C)NC(=O)CC(O)c1cccc(F)c1. The Labute approximate surface area is 141 Å². The first-order chi connectivity index (χ1) is 11.3. The van der Waals surface area contributed by atoms with Gasteiger partial charge in [0.25, 0.3) is 0 Å². The van der Waals surface area contributed by atoms with Crippen LogP contribution < -0.4 is 10.1 Å². The number of amides is 1. The Morgan fingerprint density at radius 3 is 2.62 bits per heavy atom. The molecule has 0 saturated heterocycles. The lowest BCUT2D eigenvalue weighted by Gasteiger charge is -2.29. The number of para-hydroxylation sites is 1. The van der Waals surface area contributed by atoms with E-state index in [1.165, 1.54) is 18.2 Å². The highest BCUT2D eigenvalue weighted by Gasteiger charge is 2.27. The third-order valence-electron chi connectivity index (χ3n) is 3.84. The number of halogens is 1. The van der Waals surface area contributed by atoms with Gasteiger partial charge in [0.2, 0.25) is 5.91 Å². The highest BCUT2D eigenvalue weighted by molar-refractivity contribution is 5.77. The molecule has 0 saturated carbocycles. The van der Waals surface area contributed by atoms with Crippen molar-refractivity contribution in [2.75, 3.05) is 7.11 Å². The quantitative estimate of drug-likeness (QED) is 0.854. The number of methoxy groups -OCH3 is 1. The van der Waals surface area contributed by atoms with Crippen molar-refractivity contribution in [2.45, 2.75) is 31.9 Å². The molecular formula is C19H22FNO3. The molecule has 0 fully saturated rings. The van der Waals surface area contributed by atoms with E-state index in [1.807, 2.05) is 38.1 Å². The highest BCUT2D eigenvalue weighted by Crippen LogP contribution is 2.29. The van der Waals surface area contributed by atoms with E-state index in [1.54, 1.807) is 13.2 Å². The normalized spacial score (nSPS) is 12.5. The number of hydrogen-bond acceptors (Lipinski definition) is 3. The fraction of sp³-hybridized carbons (Fsp3) is 0.316. The summed E-state index contributed by atoms with van der Waals surface area (Å²) in [7, 11) is 1.57. The molecule has 128 valence electrons. The van der Waals surface area contributed by atoms with Crippen LogP contribution in [0, 0.1) is 5.82 Å². The Morgan fingerprint density at radius 2 is 1.96 bits per heavy atom. The van der Waals surface area contributed by atoms with Gasteiger partial charge in [-0.3, -0.25) is 4.79 Å². The van der Waals surface area contributed by atoms with Gasteiger partial charge in [0.15, 0.2) is 0 Å². The molecule has 0 aromatic heterocycles. The van der Waals surface area contributed by atoms with Crippen LogP contribution >= 0.6 is 0 Å². The Morgan fingerprint density at radius 1 is 1.25 bits per heavy atom. The molecule has 5 heteroatoms. The Bertz CT molecular complexity index is 715. The van der Waals surface area contributed by atoms with Crippen LogP contribution in [0.3, 0.4) is 0 Å². The molecule has 2 N–H and O–H groups in total. The molecule has 24 heavy (non-hydrogen) atoms. The number of carbonyl (C=O) groups is 1. The molecule has 0 aliphatic rings. The maximum absolute atomic E-state index is 13.2. The third-order valence-corrected chi connectivity index (χ3v) is 3.84. The first-order valence-electron chi connectivity index (χ1n) is 7.71. The summed E-state index contributed by atoms with van der Waals surface area (Å²) in [6, 6.07) is 13.0. The molecule has 1 unspecified atom stereocenters. The van der Waals surface area contributed by atoms with Crippen LogP contribution in [0.5, 0.6) is 5.75 Å². The van der Waals surface area contributed by atoms with Crippen LogP contribution in [0.1, 0.15) is 37.5 Å². The van der Waals surface area contributed by atoms with Crippen LogP contribution in [0.2, 0.25) is 0 Å². The summed E-state index contributed by atoms with van der Waals surface area (Å²) in [6.45, 7) is 3.72. The van der Waals surface area contributed by atoms with Crippen molar-refractivity contribution in [3.05, 3.63) is 65.5 Å². The molecular weight excluding hydrogens is 309 g/mol. The van der Waals surface area contributed by atoms with Crippen LogP contribution in [0.15, 0.2) is 48.5 Å². The van der Waals surface area contributed by atoms with E-state index in [-0.39, 0.29) is 12.3 Å². The topological polar surface area (TPSA) is 58.6 Å². The standard InChI is InChI=1S/C19H22FNO3/c1-19(2,15-9-4-5-10-17(15)24-3)21-18(23)12-16(22)13-7-6-8-14(20)11-13/h4-11,16,22H,12H2,1-3H3,(H,21,23). The monoisotopic (exact) mass is 331 g/mol. The third kappa shape index (κ3) is 4.32. The van der Waals surface area contributed by atoms with Crippen LogP contribution in [-0.2, 0) is 10.3 Å². The Balaban J connectivity index is 2.08. The van der Waals surface area contributed by atoms with Gasteiger partial charge < -0.3 is 15.2 Å². The van der Waals surface area contributed by atoms with Gasteiger partial charge in [-0.15, -0.1) is 0 Å². The zero-order valence-electron chi connectivity index (χ0n) is 14.0. The van der Waals surface area contributed by atoms with Gasteiger partial charge in [-0.25, -0.2) is 4.39 Å². The van der Waals surface area contributed by atoms with E-state index in [9.17, 15) is 14.3 Å². The summed E-state index contributed by atoms with van der Waals surface area (Å²) >= 11 is 0. The molecule has 0 bridgehead atoms. The largest absolute Gasteiger partial charge is 0.496 e. The number of ether oxygens (including phenoxy) is 1. The number of hydrogen-bond donors (Lipinski definition) is 2. The second-order valence-electron chi connectivity index (χ2n) is 6.15. The van der Waals surface area contributed by atoms with Gasteiger partial charge in [-0.1, -0.05) is 30.3 Å². The summed E-state index contributed by atoms with van der Waals surface area (Å²) in [5.41, 5.74) is 0.534. The van der Waals surface area contributed by atoms with E-state index in [0.717, 1.165) is 5.56 Å². The molecule has 0 aliphatic carbocycles. The zero-order chi connectivity index (χ0) is 17.7. The molecule has 0 heterocycles. The van der Waals surface area contributed by atoms with E-state index in [4.69, 9.17) is 4.74 Å². The van der Waals surface area contributed by atoms with E-state index < -0.39 is 17.5 Å². The average Bonchev–Trinajstić information content (AvgIpc) is 2.54. The maximum Gasteiger partial charge on any atom is 0.223 e. The first-order valence-corrected chi connectivity index (χ1v) is 7.71. The summed E-state index contributed by atoms with van der Waals surface area (Å²) in [6.07, 6.45) is -1.21. The van der Waals surface area contributed by atoms with Crippen molar-refractivity contribution in [1.82, 2.24) is 5.32 Å². The van der Waals surface area contributed by atoms with Gasteiger partial charge >= 0.3 is 0 Å². The molecule has 2 aromatic rings. The minimum Gasteiger partial charge on any atom is -0.496 e. The predicted octanol–water partition coefficient (Wildman–Crippen LogP) is 3.31. The lowest BCUT2D eigenvalue weighted by atomic mass is 9.92. The van der Waals surface area contributed by atoms with Gasteiger partial charge in [0.1, 0.15) is 11.6 Å². The Kier molecular flexibility index (Phi) is 5.57. The lowest BCUT2D eigenvalue weighted by Crippen LogP contribution is -2.41. The highest BCUT2D eigenvalue weighted by atomic mass is 19.1. The summed E-state index contributed by atoms with van der Waals surface area (Å²) < 4.78 is 18.5. The minimum absolute atomic E-state index is 0.151. The lowest BCUT2D eigenvalue weighted by molar-refractivity contribution is -0.124. The summed E-state index contributed by atoms with van der Waals surface area (Å²) in [5, 5.41) is 13.0. The molecule has 1 atom stereocenters. The van der Waals surface area contributed by atoms with Crippen LogP contribution in [0.4, 0.5) is 4.39 Å². The number of rotatable bonds is 6. The molecule has 4 nitrogen and oxygen atoms in total. The zero-order valence-corrected chi connectivity index (χ0v) is 14.0. The van der Waals surface area contributed by atoms with Crippen LogP contribution in [0.25, 0.3) is 0 Å². The average molecular weight is 331 g/mol. The van der Waals surface area contributed by atoms with E-state index >= 15 is 0 Å². The van der Waals surface area contributed by atoms with Crippen molar-refractivity contribution >= 4 is 5.91 Å². The van der Waals surface area contributed by atoms with Gasteiger partial charge in [0, 0.05) is 5.56 Å². The molecule has 0 spiro atoms. The number of carbonyl (C=O) groups excluding carboxylic acids is 1. The van der Waals surface area contributed by atoms with E-state index in [0.29, 0.717) is 11.3 Å². The van der Waals surface area contributed by atoms with Gasteiger partial charge in [-0.2, -0.15) is 0 Å². The van der Waals surface area contributed by atoms with Crippen molar-refractivity contribution < 1.29 is 19.0 Å². The molecule has 0 radical (unpaired) electrons. The molecule has 0 aliphatic heterocycles. The maximum atomic E-state index is 13.2.